The number of amides is 1. The Morgan fingerprint density at radius 1 is 1.58 bits per heavy atom. The fourth-order valence-electron chi connectivity index (χ4n) is 0.804. The quantitative estimate of drug-likeness (QED) is 0.704. The van der Waals surface area contributed by atoms with Crippen molar-refractivity contribution in [3.63, 3.8) is 0 Å². The van der Waals surface area contributed by atoms with Gasteiger partial charge in [0.2, 0.25) is 0 Å². The molecule has 66 valence electrons. The molecule has 12 heavy (non-hydrogen) atoms. The first-order valence-corrected chi connectivity index (χ1v) is 4.20. The zero-order valence-corrected chi connectivity index (χ0v) is 7.81. The molecule has 1 amide bonds. The Labute approximate surface area is 74.8 Å². The lowest BCUT2D eigenvalue weighted by atomic mass is 10.4. The topological polar surface area (TPSA) is 72.3 Å². The first-order valence-electron chi connectivity index (χ1n) is 3.39. The summed E-state index contributed by atoms with van der Waals surface area (Å²) in [5, 5.41) is 0.932. The predicted molar refractivity (Wildman–Crippen MR) is 51.6 cm³/mol. The van der Waals surface area contributed by atoms with Gasteiger partial charge in [-0.2, -0.15) is 0 Å². The summed E-state index contributed by atoms with van der Waals surface area (Å²) in [6.07, 6.45) is 0. The van der Waals surface area contributed by atoms with Gasteiger partial charge in [0, 0.05) is 14.1 Å². The van der Waals surface area contributed by atoms with Gasteiger partial charge in [0.25, 0.3) is 5.91 Å². The second kappa shape index (κ2) is 3.02. The van der Waals surface area contributed by atoms with Gasteiger partial charge in [0.05, 0.1) is 10.7 Å². The maximum absolute atomic E-state index is 10.8. The van der Waals surface area contributed by atoms with Gasteiger partial charge in [-0.1, -0.05) is 0 Å². The Morgan fingerprint density at radius 3 is 2.42 bits per heavy atom. The molecule has 0 saturated carbocycles. The number of nitrogens with two attached hydrogens (primary N) is 2. The van der Waals surface area contributed by atoms with E-state index in [1.54, 1.807) is 6.07 Å². The number of hydrogen-bond donors (Lipinski definition) is 2. The lowest BCUT2D eigenvalue weighted by molar-refractivity contribution is 0.100. The van der Waals surface area contributed by atoms with Crippen molar-refractivity contribution in [1.82, 2.24) is 0 Å². The van der Waals surface area contributed by atoms with Gasteiger partial charge in [0.1, 0.15) is 4.88 Å². The molecule has 0 bridgehead atoms. The molecule has 0 aliphatic carbocycles. The van der Waals surface area contributed by atoms with E-state index in [4.69, 9.17) is 11.5 Å². The van der Waals surface area contributed by atoms with Crippen LogP contribution in [0.2, 0.25) is 0 Å². The van der Waals surface area contributed by atoms with Crippen molar-refractivity contribution in [2.24, 2.45) is 5.73 Å². The number of nitrogen functional groups attached to an aromatic ring is 1. The minimum atomic E-state index is -0.467. The van der Waals surface area contributed by atoms with Gasteiger partial charge in [-0.05, 0) is 6.07 Å². The van der Waals surface area contributed by atoms with E-state index in [-0.39, 0.29) is 0 Å². The number of hydrogen-bond acceptors (Lipinski definition) is 4. The number of anilines is 2. The summed E-state index contributed by atoms with van der Waals surface area (Å²) in [6.45, 7) is 0. The highest BCUT2D eigenvalue weighted by Crippen LogP contribution is 2.30. The average Bonchev–Trinajstić information content (AvgIpc) is 2.30. The van der Waals surface area contributed by atoms with E-state index < -0.39 is 5.91 Å². The molecule has 0 fully saturated rings. The Hall–Kier alpha value is -1.23. The van der Waals surface area contributed by atoms with E-state index in [1.807, 2.05) is 19.0 Å². The van der Waals surface area contributed by atoms with Crippen LogP contribution in [0.4, 0.5) is 10.7 Å². The van der Waals surface area contributed by atoms with Crippen LogP contribution in [0.25, 0.3) is 0 Å². The smallest absolute Gasteiger partial charge is 0.260 e. The van der Waals surface area contributed by atoms with E-state index in [2.05, 4.69) is 0 Å². The standard InChI is InChI=1S/C7H11N3OS/c1-10(2)5-3-4(8)6(12-5)7(9)11/h3H,8H2,1-2H3,(H2,9,11). The fraction of sp³-hybridized carbons (Fsp3) is 0.286. The largest absolute Gasteiger partial charge is 0.397 e. The first-order chi connectivity index (χ1) is 5.52. The molecule has 4 N–H and O–H groups in total. The molecule has 5 heteroatoms. The van der Waals surface area contributed by atoms with Crippen molar-refractivity contribution in [3.8, 4) is 0 Å². The molecule has 0 aliphatic rings. The summed E-state index contributed by atoms with van der Waals surface area (Å²) < 4.78 is 0. The molecule has 4 nitrogen and oxygen atoms in total. The van der Waals surface area contributed by atoms with Crippen LogP contribution in [0.3, 0.4) is 0 Å². The minimum Gasteiger partial charge on any atom is -0.397 e. The summed E-state index contributed by atoms with van der Waals surface area (Å²) in [7, 11) is 3.77. The zero-order chi connectivity index (χ0) is 9.30. The molecule has 0 spiro atoms. The Morgan fingerprint density at radius 2 is 2.17 bits per heavy atom. The van der Waals surface area contributed by atoms with E-state index in [1.165, 1.54) is 11.3 Å². The van der Waals surface area contributed by atoms with Crippen LogP contribution in [0.15, 0.2) is 6.07 Å². The second-order valence-electron chi connectivity index (χ2n) is 2.63. The monoisotopic (exact) mass is 185 g/mol. The summed E-state index contributed by atoms with van der Waals surface area (Å²) in [5.74, 6) is -0.467. The molecule has 1 heterocycles. The summed E-state index contributed by atoms with van der Waals surface area (Å²) >= 11 is 1.30. The van der Waals surface area contributed by atoms with E-state index >= 15 is 0 Å². The van der Waals surface area contributed by atoms with Crippen molar-refractivity contribution in [2.45, 2.75) is 0 Å². The molecule has 0 saturated heterocycles. The third-order valence-corrected chi connectivity index (χ3v) is 2.75. The van der Waals surface area contributed by atoms with Crippen LogP contribution >= 0.6 is 11.3 Å². The normalized spacial score (nSPS) is 9.83. The summed E-state index contributed by atoms with van der Waals surface area (Å²) in [5.41, 5.74) is 11.1. The maximum atomic E-state index is 10.8. The number of carbonyl (C=O) groups excluding carboxylic acids is 1. The number of carbonyl (C=O) groups is 1. The second-order valence-corrected chi connectivity index (χ2v) is 3.66. The fourth-order valence-corrected chi connectivity index (χ4v) is 1.66. The van der Waals surface area contributed by atoms with E-state index in [0.29, 0.717) is 10.6 Å². The van der Waals surface area contributed by atoms with Gasteiger partial charge in [-0.25, -0.2) is 0 Å². The van der Waals surface area contributed by atoms with Gasteiger partial charge in [0.15, 0.2) is 0 Å². The third kappa shape index (κ3) is 1.50. The summed E-state index contributed by atoms with van der Waals surface area (Å²) in [6, 6.07) is 1.74. The van der Waals surface area contributed by atoms with Gasteiger partial charge >= 0.3 is 0 Å². The Kier molecular flexibility index (Phi) is 2.23. The van der Waals surface area contributed by atoms with Gasteiger partial charge in [-0.3, -0.25) is 4.79 Å². The molecule has 0 aliphatic heterocycles. The molecular formula is C7H11N3OS. The lowest BCUT2D eigenvalue weighted by Crippen LogP contribution is -2.10. The van der Waals surface area contributed by atoms with Crippen LogP contribution in [0, 0.1) is 0 Å². The van der Waals surface area contributed by atoms with Crippen molar-refractivity contribution in [1.29, 1.82) is 0 Å². The molecule has 0 unspecified atom stereocenters. The number of primary amides is 1. The number of rotatable bonds is 2. The van der Waals surface area contributed by atoms with Gasteiger partial charge in [-0.15, -0.1) is 11.3 Å². The molecule has 0 atom stereocenters. The molecule has 0 aromatic carbocycles. The highest BCUT2D eigenvalue weighted by Gasteiger charge is 2.11. The molecular weight excluding hydrogens is 174 g/mol. The van der Waals surface area contributed by atoms with Crippen molar-refractivity contribution in [2.75, 3.05) is 24.7 Å². The molecule has 1 rings (SSSR count). The van der Waals surface area contributed by atoms with E-state index in [9.17, 15) is 4.79 Å². The van der Waals surface area contributed by atoms with Gasteiger partial charge < -0.3 is 16.4 Å². The Bertz CT molecular complexity index is 306. The number of thiophene rings is 1. The van der Waals surface area contributed by atoms with Crippen molar-refractivity contribution >= 4 is 27.9 Å². The average molecular weight is 185 g/mol. The van der Waals surface area contributed by atoms with Crippen LogP contribution < -0.4 is 16.4 Å². The lowest BCUT2D eigenvalue weighted by Gasteiger charge is -2.06. The molecule has 0 radical (unpaired) electrons. The van der Waals surface area contributed by atoms with Crippen LogP contribution in [-0.2, 0) is 0 Å². The van der Waals surface area contributed by atoms with E-state index in [0.717, 1.165) is 5.00 Å². The van der Waals surface area contributed by atoms with Crippen LogP contribution in [-0.4, -0.2) is 20.0 Å². The predicted octanol–water partition coefficient (Wildman–Crippen LogP) is 0.495. The van der Waals surface area contributed by atoms with Crippen molar-refractivity contribution < 1.29 is 4.79 Å². The third-order valence-electron chi connectivity index (χ3n) is 1.41. The summed E-state index contributed by atoms with van der Waals surface area (Å²) in [4.78, 5) is 13.1. The molecule has 1 aromatic rings. The zero-order valence-electron chi connectivity index (χ0n) is 7.00. The molecule has 1 aromatic heterocycles. The van der Waals surface area contributed by atoms with Crippen molar-refractivity contribution in [3.05, 3.63) is 10.9 Å². The maximum Gasteiger partial charge on any atom is 0.260 e. The highest BCUT2D eigenvalue weighted by molar-refractivity contribution is 7.18. The van der Waals surface area contributed by atoms with Crippen LogP contribution in [0.5, 0.6) is 0 Å². The number of nitrogens with zero attached hydrogens (tertiary/aromatic N) is 1. The highest BCUT2D eigenvalue weighted by atomic mass is 32.1. The van der Waals surface area contributed by atoms with Crippen LogP contribution in [0.1, 0.15) is 9.67 Å². The Balaban J connectivity index is 3.09. The first kappa shape index (κ1) is 8.86. The minimum absolute atomic E-state index is 0.429. The SMILES string of the molecule is CN(C)c1cc(N)c(C(N)=O)s1.